The summed E-state index contributed by atoms with van der Waals surface area (Å²) < 4.78 is 11.0. The monoisotopic (exact) mass is 279 g/mol. The number of nitrogens with one attached hydrogen (secondary N) is 1. The highest BCUT2D eigenvalue weighted by atomic mass is 16.5. The third kappa shape index (κ3) is 2.39. The molecule has 0 spiro atoms. The Morgan fingerprint density at radius 1 is 1.29 bits per heavy atom. The number of hydrogen-bond donors (Lipinski definition) is 1. The topological polar surface area (TPSA) is 60.0 Å². The number of fused-ring (bicyclic) bond motifs is 1. The van der Waals surface area contributed by atoms with Crippen LogP contribution in [-0.4, -0.2) is 28.7 Å². The number of H-pyrrole nitrogens is 1. The number of benzene rings is 1. The minimum absolute atomic E-state index is 0.182. The first-order valence-corrected chi connectivity index (χ1v) is 6.37. The van der Waals surface area contributed by atoms with Crippen LogP contribution in [0.15, 0.2) is 36.7 Å². The maximum absolute atomic E-state index is 5.59. The summed E-state index contributed by atoms with van der Waals surface area (Å²) >= 11 is 0. The highest BCUT2D eigenvalue weighted by molar-refractivity contribution is 5.82. The van der Waals surface area contributed by atoms with Crippen LogP contribution >= 0.6 is 0 Å². The number of imidazole rings is 1. The predicted octanol–water partition coefficient (Wildman–Crippen LogP) is 2.65. The van der Waals surface area contributed by atoms with Gasteiger partial charge in [0.2, 0.25) is 0 Å². The molecule has 3 aromatic rings. The minimum atomic E-state index is 0.182. The van der Waals surface area contributed by atoms with E-state index in [0.29, 0.717) is 17.3 Å². The van der Waals surface area contributed by atoms with E-state index < -0.39 is 0 Å². The van der Waals surface area contributed by atoms with E-state index in [1.807, 2.05) is 24.3 Å². The molecular formula is C16H13N3O2. The zero-order valence-corrected chi connectivity index (χ0v) is 11.5. The summed E-state index contributed by atoms with van der Waals surface area (Å²) in [4.78, 5) is 11.8. The largest absolute Gasteiger partial charge is 0.496 e. The third-order valence-corrected chi connectivity index (χ3v) is 3.04. The summed E-state index contributed by atoms with van der Waals surface area (Å²) in [5.74, 6) is 4.40. The highest BCUT2D eigenvalue weighted by Crippen LogP contribution is 2.37. The fourth-order valence-electron chi connectivity index (χ4n) is 2.13. The lowest BCUT2D eigenvalue weighted by Crippen LogP contribution is -1.98. The van der Waals surface area contributed by atoms with E-state index in [-0.39, 0.29) is 6.61 Å². The van der Waals surface area contributed by atoms with E-state index in [9.17, 15) is 0 Å². The van der Waals surface area contributed by atoms with E-state index in [1.165, 1.54) is 0 Å². The quantitative estimate of drug-likeness (QED) is 0.746. The van der Waals surface area contributed by atoms with Crippen LogP contribution in [0.1, 0.15) is 0 Å². The van der Waals surface area contributed by atoms with Crippen LogP contribution in [-0.2, 0) is 0 Å². The van der Waals surface area contributed by atoms with Crippen LogP contribution in [0.2, 0.25) is 0 Å². The van der Waals surface area contributed by atoms with Crippen molar-refractivity contribution in [3.05, 3.63) is 36.7 Å². The number of methoxy groups -OCH3 is 1. The van der Waals surface area contributed by atoms with Crippen molar-refractivity contribution < 1.29 is 9.47 Å². The van der Waals surface area contributed by atoms with Gasteiger partial charge in [-0.3, -0.25) is 4.98 Å². The van der Waals surface area contributed by atoms with Gasteiger partial charge in [-0.05, 0) is 18.2 Å². The Hall–Kier alpha value is -3.00. The summed E-state index contributed by atoms with van der Waals surface area (Å²) in [5, 5.41) is 0. The number of ether oxygens (including phenoxy) is 2. The molecule has 2 aromatic heterocycles. The molecular weight excluding hydrogens is 266 g/mol. The van der Waals surface area contributed by atoms with E-state index in [0.717, 1.165) is 16.6 Å². The molecule has 0 atom stereocenters. The molecule has 0 fully saturated rings. The van der Waals surface area contributed by atoms with Gasteiger partial charge in [0.25, 0.3) is 0 Å². The van der Waals surface area contributed by atoms with E-state index >= 15 is 0 Å². The smallest absolute Gasteiger partial charge is 0.148 e. The number of rotatable bonds is 4. The SMILES string of the molecule is C#CCOc1cccc(OC)c1-c1nc2cnccc2[nH]1. The zero-order valence-electron chi connectivity index (χ0n) is 11.5. The number of aromatic amines is 1. The molecule has 21 heavy (non-hydrogen) atoms. The van der Waals surface area contributed by atoms with Gasteiger partial charge >= 0.3 is 0 Å². The van der Waals surface area contributed by atoms with Crippen LogP contribution in [0.3, 0.4) is 0 Å². The van der Waals surface area contributed by atoms with Gasteiger partial charge in [-0.15, -0.1) is 6.42 Å². The molecule has 0 aliphatic rings. The zero-order chi connectivity index (χ0) is 14.7. The molecule has 0 aliphatic carbocycles. The molecule has 0 aliphatic heterocycles. The number of nitrogens with zero attached hydrogens (tertiary/aromatic N) is 2. The van der Waals surface area contributed by atoms with Gasteiger partial charge in [-0.2, -0.15) is 0 Å². The molecule has 3 rings (SSSR count). The third-order valence-electron chi connectivity index (χ3n) is 3.04. The summed E-state index contributed by atoms with van der Waals surface area (Å²) in [7, 11) is 1.61. The second-order valence-electron chi connectivity index (χ2n) is 4.30. The highest BCUT2D eigenvalue weighted by Gasteiger charge is 2.16. The van der Waals surface area contributed by atoms with E-state index in [1.54, 1.807) is 19.5 Å². The average molecular weight is 279 g/mol. The molecule has 5 nitrogen and oxygen atoms in total. The lowest BCUT2D eigenvalue weighted by atomic mass is 10.1. The predicted molar refractivity (Wildman–Crippen MR) is 80.2 cm³/mol. The standard InChI is InChI=1S/C16H13N3O2/c1-3-9-21-14-6-4-5-13(20-2)15(14)16-18-11-7-8-17-10-12(11)19-16/h1,4-8,10H,9H2,2H3,(H,18,19). The first-order valence-electron chi connectivity index (χ1n) is 6.37. The van der Waals surface area contributed by atoms with Crippen LogP contribution < -0.4 is 9.47 Å². The van der Waals surface area contributed by atoms with Crippen LogP contribution in [0.4, 0.5) is 0 Å². The van der Waals surface area contributed by atoms with Crippen LogP contribution in [0.5, 0.6) is 11.5 Å². The molecule has 0 saturated heterocycles. The van der Waals surface area contributed by atoms with Crippen molar-refractivity contribution in [2.75, 3.05) is 13.7 Å². The Morgan fingerprint density at radius 2 is 2.14 bits per heavy atom. The van der Waals surface area contributed by atoms with Gasteiger partial charge in [0, 0.05) is 6.20 Å². The van der Waals surface area contributed by atoms with Crippen molar-refractivity contribution >= 4 is 11.0 Å². The molecule has 0 radical (unpaired) electrons. The molecule has 0 unspecified atom stereocenters. The summed E-state index contributed by atoms with van der Waals surface area (Å²) in [6.07, 6.45) is 8.67. The molecule has 1 aromatic carbocycles. The normalized spacial score (nSPS) is 10.3. The minimum Gasteiger partial charge on any atom is -0.496 e. The number of hydrogen-bond acceptors (Lipinski definition) is 4. The van der Waals surface area contributed by atoms with Crippen molar-refractivity contribution in [3.8, 4) is 35.2 Å². The second kappa shape index (κ2) is 5.55. The molecule has 5 heteroatoms. The first-order chi connectivity index (χ1) is 10.3. The van der Waals surface area contributed by atoms with Crippen molar-refractivity contribution in [2.45, 2.75) is 0 Å². The lowest BCUT2D eigenvalue weighted by Gasteiger charge is -2.11. The summed E-state index contributed by atoms with van der Waals surface area (Å²) in [5.41, 5.74) is 2.42. The molecule has 104 valence electrons. The maximum Gasteiger partial charge on any atom is 0.148 e. The molecule has 0 amide bonds. The second-order valence-corrected chi connectivity index (χ2v) is 4.30. The maximum atomic E-state index is 5.59. The number of aromatic nitrogens is 3. The van der Waals surface area contributed by atoms with Crippen molar-refractivity contribution in [3.63, 3.8) is 0 Å². The average Bonchev–Trinajstić information content (AvgIpc) is 2.95. The van der Waals surface area contributed by atoms with Gasteiger partial charge in [0.1, 0.15) is 35.0 Å². The fraction of sp³-hybridized carbons (Fsp3) is 0.125. The molecule has 1 N–H and O–H groups in total. The van der Waals surface area contributed by atoms with Crippen molar-refractivity contribution in [1.82, 2.24) is 15.0 Å². The first kappa shape index (κ1) is 13.0. The Labute approximate surface area is 122 Å². The van der Waals surface area contributed by atoms with Gasteiger partial charge in [0.05, 0.1) is 18.8 Å². The Kier molecular flexibility index (Phi) is 3.44. The number of pyridine rings is 1. The van der Waals surface area contributed by atoms with Crippen molar-refractivity contribution in [2.24, 2.45) is 0 Å². The van der Waals surface area contributed by atoms with E-state index in [2.05, 4.69) is 20.9 Å². The Morgan fingerprint density at radius 3 is 2.90 bits per heavy atom. The number of terminal acetylenes is 1. The Bertz CT molecular complexity index is 785. The lowest BCUT2D eigenvalue weighted by molar-refractivity contribution is 0.365. The molecule has 0 saturated carbocycles. The van der Waals surface area contributed by atoms with Gasteiger partial charge in [-0.1, -0.05) is 12.0 Å². The van der Waals surface area contributed by atoms with Crippen molar-refractivity contribution in [1.29, 1.82) is 0 Å². The van der Waals surface area contributed by atoms with Crippen LogP contribution in [0.25, 0.3) is 22.4 Å². The van der Waals surface area contributed by atoms with Gasteiger partial charge in [-0.25, -0.2) is 4.98 Å². The van der Waals surface area contributed by atoms with E-state index in [4.69, 9.17) is 15.9 Å². The molecule has 0 bridgehead atoms. The fourth-order valence-corrected chi connectivity index (χ4v) is 2.13. The Balaban J connectivity index is 2.17. The summed E-state index contributed by atoms with van der Waals surface area (Å²) in [6, 6.07) is 7.39. The molecule has 2 heterocycles. The van der Waals surface area contributed by atoms with Crippen LogP contribution in [0, 0.1) is 12.3 Å². The van der Waals surface area contributed by atoms with Gasteiger partial charge < -0.3 is 14.5 Å². The summed E-state index contributed by atoms with van der Waals surface area (Å²) in [6.45, 7) is 0.182. The van der Waals surface area contributed by atoms with Gasteiger partial charge in [0.15, 0.2) is 0 Å².